The summed E-state index contributed by atoms with van der Waals surface area (Å²) >= 11 is 0. The van der Waals surface area contributed by atoms with E-state index in [0.717, 1.165) is 6.42 Å². The SMILES string of the molecule is CN(C)C1(N(C)C)C=CC=CC1. The lowest BCUT2D eigenvalue weighted by atomic mass is 9.98. The monoisotopic (exact) mass is 166 g/mol. The summed E-state index contributed by atoms with van der Waals surface area (Å²) < 4.78 is 0. The highest BCUT2D eigenvalue weighted by molar-refractivity contribution is 5.19. The number of hydrogen-bond donors (Lipinski definition) is 0. The van der Waals surface area contributed by atoms with Crippen LogP contribution in [0.15, 0.2) is 24.3 Å². The predicted molar refractivity (Wildman–Crippen MR) is 53.0 cm³/mol. The van der Waals surface area contributed by atoms with Crippen LogP contribution in [0.2, 0.25) is 0 Å². The lowest BCUT2D eigenvalue weighted by Gasteiger charge is -2.43. The molecule has 0 bridgehead atoms. The molecule has 1 aliphatic rings. The third-order valence-corrected chi connectivity index (χ3v) is 2.58. The van der Waals surface area contributed by atoms with Crippen LogP contribution >= 0.6 is 0 Å². The molecule has 0 radical (unpaired) electrons. The van der Waals surface area contributed by atoms with Crippen molar-refractivity contribution in [3.05, 3.63) is 24.3 Å². The molecular weight excluding hydrogens is 148 g/mol. The molecule has 0 unspecified atom stereocenters. The van der Waals surface area contributed by atoms with Gasteiger partial charge in [-0.1, -0.05) is 18.2 Å². The summed E-state index contributed by atoms with van der Waals surface area (Å²) in [6, 6.07) is 0. The summed E-state index contributed by atoms with van der Waals surface area (Å²) in [5, 5.41) is 0. The molecule has 68 valence electrons. The van der Waals surface area contributed by atoms with Crippen LogP contribution < -0.4 is 0 Å². The molecule has 0 N–H and O–H groups in total. The highest BCUT2D eigenvalue weighted by Crippen LogP contribution is 2.24. The molecule has 0 saturated carbocycles. The van der Waals surface area contributed by atoms with E-state index in [9.17, 15) is 0 Å². The van der Waals surface area contributed by atoms with Gasteiger partial charge in [0.2, 0.25) is 0 Å². The number of rotatable bonds is 2. The molecule has 0 atom stereocenters. The maximum Gasteiger partial charge on any atom is 0.0957 e. The number of nitrogens with zero attached hydrogens (tertiary/aromatic N) is 2. The highest BCUT2D eigenvalue weighted by Gasteiger charge is 2.31. The molecule has 2 heteroatoms. The van der Waals surface area contributed by atoms with E-state index in [1.807, 2.05) is 0 Å². The zero-order valence-electron chi connectivity index (χ0n) is 8.41. The minimum atomic E-state index is 0.0781. The number of allylic oxidation sites excluding steroid dienone is 2. The maximum atomic E-state index is 2.24. The number of likely N-dealkylation sites (N-methyl/N-ethyl adjacent to an activating group) is 2. The summed E-state index contributed by atoms with van der Waals surface area (Å²) in [5.74, 6) is 0. The topological polar surface area (TPSA) is 6.48 Å². The van der Waals surface area contributed by atoms with Crippen molar-refractivity contribution < 1.29 is 0 Å². The fraction of sp³-hybridized carbons (Fsp3) is 0.600. The van der Waals surface area contributed by atoms with E-state index in [4.69, 9.17) is 0 Å². The molecule has 0 aromatic carbocycles. The molecule has 0 heterocycles. The average molecular weight is 166 g/mol. The Morgan fingerprint density at radius 3 is 1.83 bits per heavy atom. The van der Waals surface area contributed by atoms with Crippen molar-refractivity contribution in [1.29, 1.82) is 0 Å². The van der Waals surface area contributed by atoms with Crippen molar-refractivity contribution in [1.82, 2.24) is 9.80 Å². The van der Waals surface area contributed by atoms with Crippen LogP contribution in [0.3, 0.4) is 0 Å². The van der Waals surface area contributed by atoms with E-state index in [2.05, 4.69) is 62.3 Å². The van der Waals surface area contributed by atoms with Crippen LogP contribution in [0.4, 0.5) is 0 Å². The van der Waals surface area contributed by atoms with Gasteiger partial charge in [-0.2, -0.15) is 0 Å². The van der Waals surface area contributed by atoms with Crippen LogP contribution in [0.25, 0.3) is 0 Å². The Kier molecular flexibility index (Phi) is 2.70. The lowest BCUT2D eigenvalue weighted by molar-refractivity contribution is 0.0521. The zero-order chi connectivity index (χ0) is 9.19. The third kappa shape index (κ3) is 1.45. The summed E-state index contributed by atoms with van der Waals surface area (Å²) in [5.41, 5.74) is 0.0781. The maximum absolute atomic E-state index is 2.24. The quantitative estimate of drug-likeness (QED) is 0.571. The Bertz CT molecular complexity index is 194. The van der Waals surface area contributed by atoms with Gasteiger partial charge in [0.05, 0.1) is 5.66 Å². The van der Waals surface area contributed by atoms with Gasteiger partial charge in [-0.05, 0) is 34.3 Å². The molecule has 0 saturated heterocycles. The molecule has 12 heavy (non-hydrogen) atoms. The largest absolute Gasteiger partial charge is 0.288 e. The smallest absolute Gasteiger partial charge is 0.0957 e. The predicted octanol–water partition coefficient (Wildman–Crippen LogP) is 1.32. The molecule has 0 spiro atoms. The Hall–Kier alpha value is -0.600. The first-order valence-electron chi connectivity index (χ1n) is 4.29. The minimum Gasteiger partial charge on any atom is -0.288 e. The molecule has 0 amide bonds. The molecular formula is C10H18N2. The van der Waals surface area contributed by atoms with Crippen LogP contribution in [-0.2, 0) is 0 Å². The molecule has 1 aliphatic carbocycles. The van der Waals surface area contributed by atoms with Gasteiger partial charge in [0.15, 0.2) is 0 Å². The van der Waals surface area contributed by atoms with Crippen molar-refractivity contribution in [3.63, 3.8) is 0 Å². The van der Waals surface area contributed by atoms with Gasteiger partial charge >= 0.3 is 0 Å². The van der Waals surface area contributed by atoms with E-state index in [1.165, 1.54) is 0 Å². The van der Waals surface area contributed by atoms with Crippen molar-refractivity contribution in [2.45, 2.75) is 12.1 Å². The van der Waals surface area contributed by atoms with E-state index >= 15 is 0 Å². The van der Waals surface area contributed by atoms with Crippen molar-refractivity contribution in [2.24, 2.45) is 0 Å². The molecule has 0 aliphatic heterocycles. The standard InChI is InChI=1S/C10H18N2/c1-11(2)10(12(3)4)8-6-5-7-9-10/h5-8H,9H2,1-4H3. The first-order chi connectivity index (χ1) is 5.59. The van der Waals surface area contributed by atoms with Gasteiger partial charge < -0.3 is 0 Å². The average Bonchev–Trinajstić information content (AvgIpc) is 2.05. The first-order valence-corrected chi connectivity index (χ1v) is 4.29. The van der Waals surface area contributed by atoms with Crippen molar-refractivity contribution in [2.75, 3.05) is 28.2 Å². The van der Waals surface area contributed by atoms with Gasteiger partial charge in [-0.3, -0.25) is 9.80 Å². The summed E-state index contributed by atoms with van der Waals surface area (Å²) in [7, 11) is 8.46. The Morgan fingerprint density at radius 1 is 1.00 bits per heavy atom. The van der Waals surface area contributed by atoms with Crippen LogP contribution in [0.5, 0.6) is 0 Å². The second-order valence-electron chi connectivity index (χ2n) is 3.66. The molecule has 0 aromatic heterocycles. The first kappa shape index (κ1) is 9.49. The van der Waals surface area contributed by atoms with Crippen molar-refractivity contribution in [3.8, 4) is 0 Å². The summed E-state index contributed by atoms with van der Waals surface area (Å²) in [6.07, 6.45) is 9.73. The Balaban J connectivity index is 2.88. The molecule has 1 rings (SSSR count). The summed E-state index contributed by atoms with van der Waals surface area (Å²) in [6.45, 7) is 0. The van der Waals surface area contributed by atoms with Gasteiger partial charge in [-0.15, -0.1) is 0 Å². The van der Waals surface area contributed by atoms with Crippen LogP contribution in [0, 0.1) is 0 Å². The van der Waals surface area contributed by atoms with Crippen molar-refractivity contribution >= 4 is 0 Å². The second-order valence-corrected chi connectivity index (χ2v) is 3.66. The normalized spacial score (nSPS) is 20.8. The molecule has 0 aromatic rings. The second kappa shape index (κ2) is 3.42. The van der Waals surface area contributed by atoms with E-state index in [-0.39, 0.29) is 5.66 Å². The van der Waals surface area contributed by atoms with Gasteiger partial charge in [-0.25, -0.2) is 0 Å². The highest BCUT2D eigenvalue weighted by atomic mass is 15.4. The van der Waals surface area contributed by atoms with E-state index in [0.29, 0.717) is 0 Å². The fourth-order valence-corrected chi connectivity index (χ4v) is 1.66. The Morgan fingerprint density at radius 2 is 1.58 bits per heavy atom. The number of hydrogen-bond acceptors (Lipinski definition) is 2. The molecule has 0 fully saturated rings. The van der Waals surface area contributed by atoms with Crippen LogP contribution in [0.1, 0.15) is 6.42 Å². The van der Waals surface area contributed by atoms with Gasteiger partial charge in [0, 0.05) is 6.42 Å². The van der Waals surface area contributed by atoms with Gasteiger partial charge in [0.25, 0.3) is 0 Å². The fourth-order valence-electron chi connectivity index (χ4n) is 1.66. The van der Waals surface area contributed by atoms with Crippen LogP contribution in [-0.4, -0.2) is 43.7 Å². The lowest BCUT2D eigenvalue weighted by Crippen LogP contribution is -2.53. The summed E-state index contributed by atoms with van der Waals surface area (Å²) in [4.78, 5) is 4.49. The van der Waals surface area contributed by atoms with E-state index in [1.54, 1.807) is 0 Å². The zero-order valence-corrected chi connectivity index (χ0v) is 8.41. The molecule has 2 nitrogen and oxygen atoms in total. The third-order valence-electron chi connectivity index (χ3n) is 2.58. The Labute approximate surface area is 75.2 Å². The van der Waals surface area contributed by atoms with Gasteiger partial charge in [0.1, 0.15) is 0 Å². The minimum absolute atomic E-state index is 0.0781. The van der Waals surface area contributed by atoms with E-state index < -0.39 is 0 Å².